The highest BCUT2D eigenvalue weighted by atomic mass is 16.1. The minimum atomic E-state index is 0.135. The van der Waals surface area contributed by atoms with Gasteiger partial charge in [-0.15, -0.1) is 0 Å². The zero-order valence-electron chi connectivity index (χ0n) is 11.0. The van der Waals surface area contributed by atoms with Gasteiger partial charge in [0, 0.05) is 29.4 Å². The van der Waals surface area contributed by atoms with E-state index in [4.69, 9.17) is 0 Å². The van der Waals surface area contributed by atoms with Crippen molar-refractivity contribution >= 4 is 5.78 Å². The van der Waals surface area contributed by atoms with Crippen molar-refractivity contribution in [1.29, 1.82) is 0 Å². The Hall–Kier alpha value is -1.05. The summed E-state index contributed by atoms with van der Waals surface area (Å²) in [6, 6.07) is 2.78. The van der Waals surface area contributed by atoms with Crippen LogP contribution in [-0.2, 0) is 6.42 Å². The third kappa shape index (κ3) is 1.65. The normalized spacial score (nSPS) is 23.4. The van der Waals surface area contributed by atoms with E-state index in [0.29, 0.717) is 18.2 Å². The lowest BCUT2D eigenvalue weighted by Crippen LogP contribution is -2.30. The van der Waals surface area contributed by atoms with E-state index < -0.39 is 0 Å². The highest BCUT2D eigenvalue weighted by Crippen LogP contribution is 2.41. The zero-order valence-corrected chi connectivity index (χ0v) is 11.0. The van der Waals surface area contributed by atoms with Gasteiger partial charge in [-0.3, -0.25) is 4.79 Å². The second-order valence-corrected chi connectivity index (χ2v) is 6.54. The Morgan fingerprint density at radius 1 is 1.29 bits per heavy atom. The summed E-state index contributed by atoms with van der Waals surface area (Å²) in [6.45, 7) is 6.57. The fraction of sp³-hybridized carbons (Fsp3) is 0.667. The van der Waals surface area contributed by atoms with Crippen molar-refractivity contribution < 1.29 is 4.79 Å². The van der Waals surface area contributed by atoms with Crippen LogP contribution >= 0.6 is 0 Å². The average molecular weight is 231 g/mol. The monoisotopic (exact) mass is 231 g/mol. The van der Waals surface area contributed by atoms with E-state index >= 15 is 0 Å². The van der Waals surface area contributed by atoms with Crippen LogP contribution in [0.25, 0.3) is 0 Å². The summed E-state index contributed by atoms with van der Waals surface area (Å²) in [5.41, 5.74) is 3.74. The van der Waals surface area contributed by atoms with Crippen molar-refractivity contribution in [3.63, 3.8) is 0 Å². The van der Waals surface area contributed by atoms with Crippen LogP contribution in [-0.4, -0.2) is 10.4 Å². The molecular weight excluding hydrogens is 210 g/mol. The molecule has 1 fully saturated rings. The van der Waals surface area contributed by atoms with Crippen molar-refractivity contribution in [2.45, 2.75) is 58.9 Å². The van der Waals surface area contributed by atoms with Crippen molar-refractivity contribution in [2.75, 3.05) is 0 Å². The summed E-state index contributed by atoms with van der Waals surface area (Å²) >= 11 is 0. The number of hydrogen-bond acceptors (Lipinski definition) is 1. The van der Waals surface area contributed by atoms with Gasteiger partial charge < -0.3 is 4.57 Å². The van der Waals surface area contributed by atoms with Gasteiger partial charge in [0.15, 0.2) is 5.78 Å². The number of ketones is 1. The molecule has 0 radical (unpaired) electrons. The van der Waals surface area contributed by atoms with Crippen LogP contribution in [0.2, 0.25) is 0 Å². The van der Waals surface area contributed by atoms with Gasteiger partial charge in [-0.1, -0.05) is 13.8 Å². The van der Waals surface area contributed by atoms with Gasteiger partial charge in [-0.25, -0.2) is 0 Å². The van der Waals surface area contributed by atoms with Crippen LogP contribution in [0.1, 0.15) is 67.3 Å². The van der Waals surface area contributed by atoms with Crippen molar-refractivity contribution in [2.24, 2.45) is 5.41 Å². The number of carbonyl (C=O) groups is 1. The van der Waals surface area contributed by atoms with E-state index in [0.717, 1.165) is 12.0 Å². The fourth-order valence-corrected chi connectivity index (χ4v) is 3.33. The first-order valence-corrected chi connectivity index (χ1v) is 6.72. The van der Waals surface area contributed by atoms with E-state index in [1.807, 2.05) is 0 Å². The molecule has 1 aromatic rings. The summed E-state index contributed by atoms with van der Waals surface area (Å²) < 4.78 is 2.46. The first-order valence-electron chi connectivity index (χ1n) is 6.72. The quantitative estimate of drug-likeness (QED) is 0.722. The molecule has 0 aliphatic heterocycles. The Balaban J connectivity index is 2.10. The second kappa shape index (κ2) is 3.47. The molecule has 2 aliphatic carbocycles. The largest absolute Gasteiger partial charge is 0.345 e. The summed E-state index contributed by atoms with van der Waals surface area (Å²) in [4.78, 5) is 12.2. The van der Waals surface area contributed by atoms with Crippen molar-refractivity contribution in [1.82, 2.24) is 4.57 Å². The fourth-order valence-electron chi connectivity index (χ4n) is 3.33. The summed E-state index contributed by atoms with van der Waals surface area (Å²) in [5, 5.41) is 0. The number of rotatable bonds is 1. The summed E-state index contributed by atoms with van der Waals surface area (Å²) in [6.07, 6.45) is 5.67. The Morgan fingerprint density at radius 3 is 2.59 bits per heavy atom. The third-order valence-electron chi connectivity index (χ3n) is 4.36. The molecule has 0 spiro atoms. The molecule has 0 saturated heterocycles. The molecule has 2 heteroatoms. The maximum absolute atomic E-state index is 12.2. The number of nitrogens with zero attached hydrogens (tertiary/aromatic N) is 1. The average Bonchev–Trinajstić information content (AvgIpc) is 2.41. The van der Waals surface area contributed by atoms with E-state index in [1.165, 1.54) is 30.7 Å². The SMILES string of the molecule is Cc1cc2c(n1C1CCC1)CC(C)(C)CC2=O. The van der Waals surface area contributed by atoms with Crippen LogP contribution in [0.15, 0.2) is 6.07 Å². The standard InChI is InChI=1S/C15H21NO/c1-10-7-12-13(16(10)11-5-4-6-11)8-15(2,3)9-14(12)17/h7,11H,4-6,8-9H2,1-3H3. The predicted octanol–water partition coefficient (Wildman–Crippen LogP) is 3.68. The third-order valence-corrected chi connectivity index (χ3v) is 4.36. The topological polar surface area (TPSA) is 22.0 Å². The molecule has 0 aromatic carbocycles. The number of Topliss-reactive ketones (excluding diaryl/α,β-unsaturated/α-hetero) is 1. The molecule has 92 valence electrons. The van der Waals surface area contributed by atoms with Crippen molar-refractivity contribution in [3.8, 4) is 0 Å². The molecular formula is C15H21NO. The Morgan fingerprint density at radius 2 is 2.00 bits per heavy atom. The minimum Gasteiger partial charge on any atom is -0.345 e. The lowest BCUT2D eigenvalue weighted by Gasteiger charge is -2.35. The smallest absolute Gasteiger partial charge is 0.165 e. The van der Waals surface area contributed by atoms with Crippen LogP contribution in [0.3, 0.4) is 0 Å². The van der Waals surface area contributed by atoms with Crippen LogP contribution in [0.4, 0.5) is 0 Å². The van der Waals surface area contributed by atoms with E-state index in [9.17, 15) is 4.79 Å². The van der Waals surface area contributed by atoms with Crippen molar-refractivity contribution in [3.05, 3.63) is 23.0 Å². The summed E-state index contributed by atoms with van der Waals surface area (Å²) in [7, 11) is 0. The zero-order chi connectivity index (χ0) is 12.2. The number of aromatic nitrogens is 1. The lowest BCUT2D eigenvalue weighted by atomic mass is 9.76. The Kier molecular flexibility index (Phi) is 2.26. The summed E-state index contributed by atoms with van der Waals surface area (Å²) in [5.74, 6) is 0.345. The molecule has 17 heavy (non-hydrogen) atoms. The molecule has 0 unspecified atom stereocenters. The van der Waals surface area contributed by atoms with Crippen LogP contribution < -0.4 is 0 Å². The molecule has 0 bridgehead atoms. The van der Waals surface area contributed by atoms with Gasteiger partial charge in [0.1, 0.15) is 0 Å². The molecule has 1 aromatic heterocycles. The first kappa shape index (κ1) is 11.1. The van der Waals surface area contributed by atoms with Crippen LogP contribution in [0, 0.1) is 12.3 Å². The maximum Gasteiger partial charge on any atom is 0.165 e. The predicted molar refractivity (Wildman–Crippen MR) is 68.5 cm³/mol. The van der Waals surface area contributed by atoms with E-state index in [2.05, 4.69) is 31.4 Å². The van der Waals surface area contributed by atoms with E-state index in [-0.39, 0.29) is 5.41 Å². The number of fused-ring (bicyclic) bond motifs is 1. The highest BCUT2D eigenvalue weighted by molar-refractivity contribution is 5.99. The van der Waals surface area contributed by atoms with Gasteiger partial charge in [0.25, 0.3) is 0 Å². The number of aryl methyl sites for hydroxylation is 1. The van der Waals surface area contributed by atoms with E-state index in [1.54, 1.807) is 0 Å². The van der Waals surface area contributed by atoms with Gasteiger partial charge in [-0.05, 0) is 44.1 Å². The minimum absolute atomic E-state index is 0.135. The van der Waals surface area contributed by atoms with Gasteiger partial charge in [-0.2, -0.15) is 0 Å². The molecule has 3 rings (SSSR count). The molecule has 0 amide bonds. The van der Waals surface area contributed by atoms with Gasteiger partial charge in [0.05, 0.1) is 0 Å². The Bertz CT molecular complexity index is 477. The maximum atomic E-state index is 12.2. The second-order valence-electron chi connectivity index (χ2n) is 6.54. The molecule has 0 N–H and O–H groups in total. The number of carbonyl (C=O) groups excluding carboxylic acids is 1. The first-order chi connectivity index (χ1) is 7.98. The Labute approximate surface area is 103 Å². The molecule has 2 aliphatic rings. The molecule has 0 atom stereocenters. The van der Waals surface area contributed by atoms with Gasteiger partial charge in [0.2, 0.25) is 0 Å². The van der Waals surface area contributed by atoms with Gasteiger partial charge >= 0.3 is 0 Å². The molecule has 1 heterocycles. The molecule has 1 saturated carbocycles. The number of hydrogen-bond donors (Lipinski definition) is 0. The van der Waals surface area contributed by atoms with Crippen LogP contribution in [0.5, 0.6) is 0 Å². The molecule has 2 nitrogen and oxygen atoms in total. The lowest BCUT2D eigenvalue weighted by molar-refractivity contribution is 0.0908. The highest BCUT2D eigenvalue weighted by Gasteiger charge is 2.35.